The predicted molar refractivity (Wildman–Crippen MR) is 130 cm³/mol. The van der Waals surface area contributed by atoms with Crippen LogP contribution in [-0.2, 0) is 9.53 Å². The summed E-state index contributed by atoms with van der Waals surface area (Å²) in [5.41, 5.74) is 1.87. The largest absolute Gasteiger partial charge is 0.490 e. The molecule has 2 aromatic rings. The summed E-state index contributed by atoms with van der Waals surface area (Å²) in [6, 6.07) is 12.0. The van der Waals surface area contributed by atoms with Gasteiger partial charge in [0.25, 0.3) is 11.8 Å². The van der Waals surface area contributed by atoms with Crippen molar-refractivity contribution in [2.75, 3.05) is 19.7 Å². The number of halogens is 1. The molecule has 0 aliphatic heterocycles. The molecule has 2 amide bonds. The zero-order valence-corrected chi connectivity index (χ0v) is 20.3. The van der Waals surface area contributed by atoms with Gasteiger partial charge in [-0.3, -0.25) is 14.4 Å². The molecule has 2 aromatic carbocycles. The van der Waals surface area contributed by atoms with Crippen molar-refractivity contribution >= 4 is 29.4 Å². The van der Waals surface area contributed by atoms with Crippen LogP contribution in [0.3, 0.4) is 0 Å². The molecule has 1 aliphatic carbocycles. The summed E-state index contributed by atoms with van der Waals surface area (Å²) >= 11 is 5.83. The molecule has 0 unspecified atom stereocenters. The van der Waals surface area contributed by atoms with Gasteiger partial charge in [-0.2, -0.15) is 0 Å². The van der Waals surface area contributed by atoms with Gasteiger partial charge in [-0.15, -0.1) is 0 Å². The Labute approximate surface area is 205 Å². The van der Waals surface area contributed by atoms with Gasteiger partial charge in [-0.1, -0.05) is 11.6 Å². The van der Waals surface area contributed by atoms with Gasteiger partial charge in [0.15, 0.2) is 0 Å². The molecule has 0 atom stereocenters. The fraction of sp³-hybridized carbons (Fsp3) is 0.423. The minimum Gasteiger partial charge on any atom is -0.490 e. The minimum absolute atomic E-state index is 0.0384. The van der Waals surface area contributed by atoms with Gasteiger partial charge in [0.2, 0.25) is 0 Å². The molecule has 0 saturated heterocycles. The number of nitrogens with one attached hydrogen (secondary N) is 2. The topological polar surface area (TPSA) is 93.7 Å². The van der Waals surface area contributed by atoms with E-state index in [-0.39, 0.29) is 29.8 Å². The number of aryl methyl sites for hydroxylation is 1. The summed E-state index contributed by atoms with van der Waals surface area (Å²) in [6.45, 7) is 4.70. The number of amides is 2. The molecule has 2 N–H and O–H groups in total. The van der Waals surface area contributed by atoms with Crippen LogP contribution in [0.25, 0.3) is 0 Å². The van der Waals surface area contributed by atoms with Crippen LogP contribution < -0.4 is 15.4 Å². The number of carbonyl (C=O) groups excluding carboxylic acids is 3. The maximum Gasteiger partial charge on any atom is 0.308 e. The summed E-state index contributed by atoms with van der Waals surface area (Å²) in [5, 5.41) is 6.16. The van der Waals surface area contributed by atoms with Crippen molar-refractivity contribution in [2.24, 2.45) is 5.92 Å². The lowest BCUT2D eigenvalue weighted by Gasteiger charge is -2.28. The Hall–Kier alpha value is -3.06. The third-order valence-electron chi connectivity index (χ3n) is 5.84. The smallest absolute Gasteiger partial charge is 0.308 e. The quantitative estimate of drug-likeness (QED) is 0.407. The standard InChI is InChI=1S/C26H31ClN2O5/c1-3-33-26(32)19-6-10-21(11-7-19)34-22-12-13-23(17(2)16-22)25(31)29-15-14-28-24(30)18-4-8-20(27)9-5-18/h4-5,8-9,12-13,16,19,21H,3,6-7,10-11,14-15H2,1-2H3,(H,28,30)(H,29,31)/t19-,21+. The van der Waals surface area contributed by atoms with Gasteiger partial charge in [-0.25, -0.2) is 0 Å². The van der Waals surface area contributed by atoms with E-state index in [0.29, 0.717) is 41.6 Å². The highest BCUT2D eigenvalue weighted by Gasteiger charge is 2.28. The van der Waals surface area contributed by atoms with Crippen molar-refractivity contribution in [1.82, 2.24) is 10.6 Å². The van der Waals surface area contributed by atoms with E-state index in [4.69, 9.17) is 21.1 Å². The first-order valence-corrected chi connectivity index (χ1v) is 12.0. The predicted octanol–water partition coefficient (Wildman–Crippen LogP) is 4.31. The number of carbonyl (C=O) groups is 3. The van der Waals surface area contributed by atoms with E-state index in [1.54, 1.807) is 36.4 Å². The lowest BCUT2D eigenvalue weighted by atomic mass is 9.87. The van der Waals surface area contributed by atoms with Crippen molar-refractivity contribution in [2.45, 2.75) is 45.6 Å². The molecule has 1 saturated carbocycles. The monoisotopic (exact) mass is 486 g/mol. The molecule has 8 heteroatoms. The number of hydrogen-bond donors (Lipinski definition) is 2. The molecule has 0 spiro atoms. The minimum atomic E-state index is -0.222. The fourth-order valence-electron chi connectivity index (χ4n) is 3.98. The Morgan fingerprint density at radius 1 is 0.941 bits per heavy atom. The molecular weight excluding hydrogens is 456 g/mol. The summed E-state index contributed by atoms with van der Waals surface area (Å²) in [6.07, 6.45) is 3.17. The Morgan fingerprint density at radius 2 is 1.59 bits per heavy atom. The maximum atomic E-state index is 12.5. The van der Waals surface area contributed by atoms with Crippen molar-refractivity contribution in [3.8, 4) is 5.75 Å². The molecule has 3 rings (SSSR count). The molecule has 7 nitrogen and oxygen atoms in total. The van der Waals surface area contributed by atoms with E-state index in [9.17, 15) is 14.4 Å². The number of hydrogen-bond acceptors (Lipinski definition) is 5. The van der Waals surface area contributed by atoms with Crippen molar-refractivity contribution in [3.05, 3.63) is 64.2 Å². The highest BCUT2D eigenvalue weighted by Crippen LogP contribution is 2.29. The summed E-state index contributed by atoms with van der Waals surface area (Å²) < 4.78 is 11.2. The Kier molecular flexibility index (Phi) is 9.33. The molecule has 0 aromatic heterocycles. The van der Waals surface area contributed by atoms with Crippen molar-refractivity contribution in [1.29, 1.82) is 0 Å². The zero-order valence-electron chi connectivity index (χ0n) is 19.6. The van der Waals surface area contributed by atoms with Crippen LogP contribution in [0, 0.1) is 12.8 Å². The third-order valence-corrected chi connectivity index (χ3v) is 6.09. The normalized spacial score (nSPS) is 17.5. The molecule has 0 radical (unpaired) electrons. The number of esters is 1. The highest BCUT2D eigenvalue weighted by atomic mass is 35.5. The fourth-order valence-corrected chi connectivity index (χ4v) is 4.11. The van der Waals surface area contributed by atoms with Gasteiger partial charge in [0.1, 0.15) is 5.75 Å². The van der Waals surface area contributed by atoms with Crippen molar-refractivity contribution in [3.63, 3.8) is 0 Å². The molecule has 1 aliphatic rings. The number of ether oxygens (including phenoxy) is 2. The second-order valence-electron chi connectivity index (χ2n) is 8.34. The maximum absolute atomic E-state index is 12.5. The average Bonchev–Trinajstić information content (AvgIpc) is 2.82. The Bertz CT molecular complexity index is 1000. The highest BCUT2D eigenvalue weighted by molar-refractivity contribution is 6.30. The Balaban J connectivity index is 1.42. The molecular formula is C26H31ClN2O5. The summed E-state index contributed by atoms with van der Waals surface area (Å²) in [5.74, 6) is 0.128. The van der Waals surface area contributed by atoms with E-state index < -0.39 is 0 Å². The van der Waals surface area contributed by atoms with Crippen molar-refractivity contribution < 1.29 is 23.9 Å². The molecule has 0 heterocycles. The first-order valence-electron chi connectivity index (χ1n) is 11.6. The molecule has 0 bridgehead atoms. The lowest BCUT2D eigenvalue weighted by Crippen LogP contribution is -2.35. The molecule has 182 valence electrons. The molecule has 34 heavy (non-hydrogen) atoms. The van der Waals surface area contributed by atoms with Gasteiger partial charge in [-0.05, 0) is 87.6 Å². The number of benzene rings is 2. The van der Waals surface area contributed by atoms with E-state index in [2.05, 4.69) is 10.6 Å². The lowest BCUT2D eigenvalue weighted by molar-refractivity contribution is -0.149. The zero-order chi connectivity index (χ0) is 24.5. The van der Waals surface area contributed by atoms with Crippen LogP contribution in [0.1, 0.15) is 58.9 Å². The second kappa shape index (κ2) is 12.4. The van der Waals surface area contributed by atoms with Crippen LogP contribution in [0.4, 0.5) is 0 Å². The summed E-state index contributed by atoms with van der Waals surface area (Å²) in [7, 11) is 0. The van der Waals surface area contributed by atoms with E-state index in [1.165, 1.54) is 0 Å². The van der Waals surface area contributed by atoms with E-state index in [1.807, 2.05) is 19.9 Å². The van der Waals surface area contributed by atoms with Crippen LogP contribution in [0.15, 0.2) is 42.5 Å². The second-order valence-corrected chi connectivity index (χ2v) is 8.78. The van der Waals surface area contributed by atoms with Crippen LogP contribution in [0.5, 0.6) is 5.75 Å². The van der Waals surface area contributed by atoms with Gasteiger partial charge >= 0.3 is 5.97 Å². The summed E-state index contributed by atoms with van der Waals surface area (Å²) in [4.78, 5) is 36.5. The molecule has 1 fully saturated rings. The van der Waals surface area contributed by atoms with Gasteiger partial charge in [0.05, 0.1) is 18.6 Å². The third kappa shape index (κ3) is 7.22. The Morgan fingerprint density at radius 3 is 2.21 bits per heavy atom. The van der Waals surface area contributed by atoms with Gasteiger partial charge < -0.3 is 20.1 Å². The average molecular weight is 487 g/mol. The first kappa shape index (κ1) is 25.6. The SMILES string of the molecule is CCOC(=O)[C@H]1CC[C@@H](Oc2ccc(C(=O)NCCNC(=O)c3ccc(Cl)cc3)c(C)c2)CC1. The van der Waals surface area contributed by atoms with E-state index >= 15 is 0 Å². The number of rotatable bonds is 9. The first-order chi connectivity index (χ1) is 16.4. The van der Waals surface area contributed by atoms with Crippen LogP contribution >= 0.6 is 11.6 Å². The van der Waals surface area contributed by atoms with E-state index in [0.717, 1.165) is 31.2 Å². The van der Waals surface area contributed by atoms with Gasteiger partial charge in [0, 0.05) is 29.2 Å². The van der Waals surface area contributed by atoms with Crippen LogP contribution in [-0.4, -0.2) is 43.6 Å². The van der Waals surface area contributed by atoms with Crippen LogP contribution in [0.2, 0.25) is 5.02 Å².